The Labute approximate surface area is 341 Å². The second kappa shape index (κ2) is 13.3. The van der Waals surface area contributed by atoms with E-state index in [9.17, 15) is 0 Å². The maximum absolute atomic E-state index is 7.12. The highest BCUT2D eigenvalue weighted by Crippen LogP contribution is 2.44. The van der Waals surface area contributed by atoms with Crippen LogP contribution in [0, 0.1) is 0 Å². The van der Waals surface area contributed by atoms with Crippen molar-refractivity contribution in [2.75, 3.05) is 0 Å². The molecule has 1 heterocycles. The van der Waals surface area contributed by atoms with Gasteiger partial charge in [-0.05, 0) is 108 Å². The van der Waals surface area contributed by atoms with Gasteiger partial charge in [-0.1, -0.05) is 119 Å². The van der Waals surface area contributed by atoms with Crippen LogP contribution in [0.5, 0.6) is 0 Å². The molecule has 0 N–H and O–H groups in total. The predicted molar refractivity (Wildman–Crippen MR) is 251 cm³/mol. The molecule has 0 spiro atoms. The van der Waals surface area contributed by atoms with E-state index < -0.39 is 0 Å². The second-order valence-electron chi connectivity index (χ2n) is 14.6. The summed E-state index contributed by atoms with van der Waals surface area (Å²) in [6.07, 6.45) is 0. The molecule has 0 bridgehead atoms. The first-order valence-corrected chi connectivity index (χ1v) is 18.5. The molecule has 10 rings (SSSR count). The summed E-state index contributed by atoms with van der Waals surface area (Å²) < 4.78 is 6.50. The summed E-state index contributed by atoms with van der Waals surface area (Å²) in [7, 11) is 55.3. The highest BCUT2D eigenvalue weighted by molar-refractivity contribution is 6.71. The van der Waals surface area contributed by atoms with Crippen molar-refractivity contribution < 1.29 is 4.42 Å². The van der Waals surface area contributed by atoms with Crippen LogP contribution in [0.15, 0.2) is 138 Å². The van der Waals surface area contributed by atoms with Crippen LogP contribution in [0.1, 0.15) is 0 Å². The maximum Gasteiger partial charge on any atom is 0.143 e. The zero-order chi connectivity index (χ0) is 39.3. The largest absolute Gasteiger partial charge is 0.455 e. The van der Waals surface area contributed by atoms with E-state index >= 15 is 0 Å². The average molecular weight is 701 g/mol. The molecule has 16 radical (unpaired) electrons. The molecular weight excluding hydrogens is 679 g/mol. The third kappa shape index (κ3) is 5.35. The molecule has 0 aliphatic rings. The molecule has 1 aromatic heterocycles. The fourth-order valence-corrected chi connectivity index (χ4v) is 8.55. The summed E-state index contributed by atoms with van der Waals surface area (Å²) in [5.74, 6) is 0. The number of rotatable bonds is 4. The smallest absolute Gasteiger partial charge is 0.143 e. The summed E-state index contributed by atoms with van der Waals surface area (Å²) in [5, 5.41) is 6.18. The van der Waals surface area contributed by atoms with Crippen molar-refractivity contribution in [3.05, 3.63) is 133 Å². The second-order valence-corrected chi connectivity index (χ2v) is 14.6. The molecule has 0 aliphatic carbocycles. The monoisotopic (exact) mass is 702 g/mol. The molecule has 244 valence electrons. The van der Waals surface area contributed by atoms with Gasteiger partial charge >= 0.3 is 0 Å². The molecule has 1 nitrogen and oxygen atoms in total. The highest BCUT2D eigenvalue weighted by atomic mass is 16.3. The lowest BCUT2D eigenvalue weighted by molar-refractivity contribution is 0.672. The van der Waals surface area contributed by atoms with Crippen molar-refractivity contribution in [3.63, 3.8) is 0 Å². The van der Waals surface area contributed by atoms with E-state index in [1.54, 1.807) is 0 Å². The number of hydrogen-bond acceptors (Lipinski definition) is 1. The first-order valence-electron chi connectivity index (χ1n) is 18.5. The molecule has 0 atom stereocenters. The van der Waals surface area contributed by atoms with Gasteiger partial charge in [0.25, 0.3) is 0 Å². The van der Waals surface area contributed by atoms with Crippen LogP contribution >= 0.6 is 0 Å². The Morgan fingerprint density at radius 2 is 0.754 bits per heavy atom. The minimum absolute atomic E-state index is 0.158. The summed E-state index contributed by atoms with van der Waals surface area (Å²) in [6, 6.07) is 45.0. The van der Waals surface area contributed by atoms with Gasteiger partial charge < -0.3 is 4.42 Å². The normalized spacial score (nSPS) is 11.7. The number of benzene rings is 9. The topological polar surface area (TPSA) is 13.1 Å². The minimum Gasteiger partial charge on any atom is -0.455 e. The number of fused-ring (bicyclic) bond motifs is 7. The number of furan rings is 1. The summed E-state index contributed by atoms with van der Waals surface area (Å²) in [6.45, 7) is 0. The molecule has 0 saturated heterocycles. The van der Waals surface area contributed by atoms with Gasteiger partial charge in [0.1, 0.15) is 73.9 Å². The molecular formula is C48H22B8O. The summed E-state index contributed by atoms with van der Waals surface area (Å²) in [5.41, 5.74) is 9.91. The Hall–Kier alpha value is -5.92. The van der Waals surface area contributed by atoms with Gasteiger partial charge in [-0.2, -0.15) is 0 Å². The zero-order valence-electron chi connectivity index (χ0n) is 30.7. The molecule has 10 aromatic rings. The average Bonchev–Trinajstić information content (AvgIpc) is 3.64. The highest BCUT2D eigenvalue weighted by Gasteiger charge is 2.26. The van der Waals surface area contributed by atoms with Gasteiger partial charge in [0, 0.05) is 16.2 Å². The Kier molecular flexibility index (Phi) is 8.31. The van der Waals surface area contributed by atoms with Crippen LogP contribution in [-0.4, -0.2) is 62.8 Å². The zero-order valence-corrected chi connectivity index (χ0v) is 30.7. The lowest BCUT2D eigenvalue weighted by atomic mass is 9.59. The quantitative estimate of drug-likeness (QED) is 0.200. The third-order valence-electron chi connectivity index (χ3n) is 11.4. The van der Waals surface area contributed by atoms with E-state index in [4.69, 9.17) is 67.2 Å². The van der Waals surface area contributed by atoms with E-state index in [0.717, 1.165) is 60.5 Å². The predicted octanol–water partition coefficient (Wildman–Crippen LogP) is 4.06. The van der Waals surface area contributed by atoms with Crippen LogP contribution < -0.4 is 43.7 Å². The summed E-state index contributed by atoms with van der Waals surface area (Å²) in [4.78, 5) is 0. The van der Waals surface area contributed by atoms with E-state index in [1.165, 1.54) is 0 Å². The van der Waals surface area contributed by atoms with Crippen molar-refractivity contribution >= 4 is 161 Å². The van der Waals surface area contributed by atoms with E-state index in [2.05, 4.69) is 72.8 Å². The van der Waals surface area contributed by atoms with Crippen LogP contribution in [-0.2, 0) is 0 Å². The molecule has 0 unspecified atom stereocenters. The maximum atomic E-state index is 7.12. The molecule has 9 heteroatoms. The van der Waals surface area contributed by atoms with E-state index in [0.29, 0.717) is 38.3 Å². The van der Waals surface area contributed by atoms with Crippen molar-refractivity contribution in [3.8, 4) is 44.5 Å². The van der Waals surface area contributed by atoms with Gasteiger partial charge in [0.05, 0.1) is 0 Å². The molecule has 57 heavy (non-hydrogen) atoms. The van der Waals surface area contributed by atoms with Crippen molar-refractivity contribution in [2.45, 2.75) is 0 Å². The fourth-order valence-electron chi connectivity index (χ4n) is 8.55. The fraction of sp³-hybridized carbons (Fsp3) is 0. The number of hydrogen-bond donors (Lipinski definition) is 0. The standard InChI is InChI=1S/C48H22B8O/c49-40-36-34(26-16-18-33-32(22-26)31-17-15-25-13-7-8-14-30(25)48(31)57-33)37-39(43(52)47(56)45(54)41(37)50)35(38(36)42(51)46(55)44(40)53)29-20-27(23-9-3-1-4-10-23)19-28(21-29)24-11-5-2-6-12-24/h1-22H. The van der Waals surface area contributed by atoms with Gasteiger partial charge in [-0.15, -0.1) is 21.9 Å². The Balaban J connectivity index is 1.40. The SMILES string of the molecule is [B]c1c([B])c([B])c2c(-c3ccc4oc5c6ccccc6ccc5c4c3)c3c([B])c([B])c([B])c([B])c3c(-c3cc(-c4ccccc4)cc(-c4ccccc4)c3)c2c1[B]. The Morgan fingerprint density at radius 3 is 1.28 bits per heavy atom. The van der Waals surface area contributed by atoms with Crippen molar-refractivity contribution in [2.24, 2.45) is 0 Å². The van der Waals surface area contributed by atoms with Crippen molar-refractivity contribution in [1.29, 1.82) is 0 Å². The lowest BCUT2D eigenvalue weighted by Gasteiger charge is -2.29. The van der Waals surface area contributed by atoms with E-state index in [1.807, 2.05) is 60.7 Å². The summed E-state index contributed by atoms with van der Waals surface area (Å²) >= 11 is 0. The molecule has 9 aromatic carbocycles. The molecule has 0 aliphatic heterocycles. The minimum atomic E-state index is 0.158. The first kappa shape index (κ1) is 35.5. The third-order valence-corrected chi connectivity index (χ3v) is 11.4. The molecule has 0 amide bonds. The van der Waals surface area contributed by atoms with Gasteiger partial charge in [-0.25, -0.2) is 0 Å². The molecule has 0 saturated carbocycles. The first-order chi connectivity index (χ1) is 27.6. The van der Waals surface area contributed by atoms with Gasteiger partial charge in [-0.3, -0.25) is 0 Å². The van der Waals surface area contributed by atoms with Crippen LogP contribution in [0.25, 0.3) is 98.8 Å². The lowest BCUT2D eigenvalue weighted by Crippen LogP contribution is -2.50. The van der Waals surface area contributed by atoms with Crippen LogP contribution in [0.3, 0.4) is 0 Å². The Bertz CT molecular complexity index is 3180. The van der Waals surface area contributed by atoms with Crippen LogP contribution in [0.4, 0.5) is 0 Å². The molecule has 0 fully saturated rings. The van der Waals surface area contributed by atoms with Crippen LogP contribution in [0.2, 0.25) is 0 Å². The van der Waals surface area contributed by atoms with Gasteiger partial charge in [0.15, 0.2) is 0 Å². The van der Waals surface area contributed by atoms with Crippen molar-refractivity contribution in [1.82, 2.24) is 0 Å². The van der Waals surface area contributed by atoms with Gasteiger partial charge in [0.2, 0.25) is 0 Å². The Morgan fingerprint density at radius 1 is 0.298 bits per heavy atom. The van der Waals surface area contributed by atoms with E-state index in [-0.39, 0.29) is 43.7 Å².